The summed E-state index contributed by atoms with van der Waals surface area (Å²) in [6.07, 6.45) is 1.37. The molecule has 0 radical (unpaired) electrons. The first kappa shape index (κ1) is 31.8. The van der Waals surface area contributed by atoms with Crippen LogP contribution >= 0.6 is 27.5 Å². The molecule has 0 saturated carbocycles. The first-order valence-corrected chi connectivity index (χ1v) is 15.9. The van der Waals surface area contributed by atoms with Crippen molar-refractivity contribution in [3.8, 4) is 17.2 Å². The van der Waals surface area contributed by atoms with E-state index >= 15 is 0 Å². The number of halogens is 2. The fraction of sp³-hybridized carbons (Fsp3) is 0.108. The van der Waals surface area contributed by atoms with Crippen molar-refractivity contribution >= 4 is 67.9 Å². The summed E-state index contributed by atoms with van der Waals surface area (Å²) in [5.41, 5.74) is 2.40. The molecule has 0 atom stereocenters. The fourth-order valence-electron chi connectivity index (χ4n) is 5.14. The Morgan fingerprint density at radius 3 is 2.34 bits per heavy atom. The Kier molecular flexibility index (Phi) is 9.56. The summed E-state index contributed by atoms with van der Waals surface area (Å²) in [5.74, 6) is -0.373. The Hall–Kier alpha value is -5.12. The molecule has 47 heavy (non-hydrogen) atoms. The lowest BCUT2D eigenvalue weighted by Crippen LogP contribution is -2.54. The molecule has 10 heteroatoms. The monoisotopic (exact) mass is 710 g/mol. The average molecular weight is 712 g/mol. The van der Waals surface area contributed by atoms with Gasteiger partial charge in [-0.15, -0.1) is 0 Å². The van der Waals surface area contributed by atoms with Gasteiger partial charge in [0.15, 0.2) is 11.5 Å². The number of imide groups is 2. The molecule has 236 valence electrons. The number of carbonyl (C=O) groups is 3. The molecule has 1 saturated heterocycles. The van der Waals surface area contributed by atoms with Crippen LogP contribution in [0.3, 0.4) is 0 Å². The molecular formula is C37H28BrClN2O6. The molecule has 8 nitrogen and oxygen atoms in total. The number of amides is 4. The maximum absolute atomic E-state index is 13.6. The second-order valence-electron chi connectivity index (χ2n) is 10.6. The number of ether oxygens (including phenoxy) is 3. The molecule has 0 spiro atoms. The number of anilines is 1. The van der Waals surface area contributed by atoms with Crippen LogP contribution in [0.1, 0.15) is 23.6 Å². The van der Waals surface area contributed by atoms with Gasteiger partial charge in [-0.25, -0.2) is 9.69 Å². The molecule has 1 heterocycles. The second kappa shape index (κ2) is 14.1. The van der Waals surface area contributed by atoms with Gasteiger partial charge in [0.2, 0.25) is 0 Å². The summed E-state index contributed by atoms with van der Waals surface area (Å²) in [7, 11) is 0. The summed E-state index contributed by atoms with van der Waals surface area (Å²) in [6, 6.07) is 30.6. The number of hydrogen-bond acceptors (Lipinski definition) is 6. The third kappa shape index (κ3) is 7.16. The number of hydrogen-bond donors (Lipinski definition) is 1. The standard InChI is InChI=1S/C37H28BrClN2O6/c1-2-45-33-20-24(19-32(39)34(33)47-22-26-8-5-7-25-6-3-4-9-30(25)26)18-31-35(42)40-37(44)41(36(31)43)28-14-16-29(17-15-28)46-21-23-10-12-27(38)13-11-23/h3-20H,2,21-22H2,1H3,(H,40,42,44)/b31-18+. The van der Waals surface area contributed by atoms with Crippen molar-refractivity contribution < 1.29 is 28.6 Å². The molecule has 1 aliphatic rings. The van der Waals surface area contributed by atoms with Crippen LogP contribution in [0, 0.1) is 0 Å². The fourth-order valence-corrected chi connectivity index (χ4v) is 5.68. The van der Waals surface area contributed by atoms with E-state index in [1.54, 1.807) is 36.4 Å². The van der Waals surface area contributed by atoms with E-state index in [-0.39, 0.29) is 22.9 Å². The third-order valence-electron chi connectivity index (χ3n) is 7.41. The predicted molar refractivity (Wildman–Crippen MR) is 185 cm³/mol. The van der Waals surface area contributed by atoms with Crippen molar-refractivity contribution in [2.45, 2.75) is 20.1 Å². The number of rotatable bonds is 10. The van der Waals surface area contributed by atoms with Gasteiger partial charge in [0.05, 0.1) is 17.3 Å². The zero-order valence-corrected chi connectivity index (χ0v) is 27.5. The lowest BCUT2D eigenvalue weighted by atomic mass is 10.1. The Bertz CT molecular complexity index is 2010. The number of barbiturate groups is 1. The van der Waals surface area contributed by atoms with Crippen LogP contribution in [0.4, 0.5) is 10.5 Å². The summed E-state index contributed by atoms with van der Waals surface area (Å²) in [6.45, 7) is 2.74. The van der Waals surface area contributed by atoms with Gasteiger partial charge >= 0.3 is 6.03 Å². The lowest BCUT2D eigenvalue weighted by Gasteiger charge is -2.26. The van der Waals surface area contributed by atoms with Crippen molar-refractivity contribution in [2.75, 3.05) is 11.5 Å². The molecule has 0 aliphatic carbocycles. The van der Waals surface area contributed by atoms with Crippen LogP contribution in [-0.4, -0.2) is 24.5 Å². The number of nitrogens with zero attached hydrogens (tertiary/aromatic N) is 1. The molecule has 0 unspecified atom stereocenters. The van der Waals surface area contributed by atoms with E-state index in [1.807, 2.05) is 73.7 Å². The normalized spacial score (nSPS) is 14.0. The zero-order chi connectivity index (χ0) is 32.9. The number of fused-ring (bicyclic) bond motifs is 1. The van der Waals surface area contributed by atoms with Crippen LogP contribution in [-0.2, 0) is 22.8 Å². The van der Waals surface area contributed by atoms with Crippen LogP contribution in [0.5, 0.6) is 17.2 Å². The van der Waals surface area contributed by atoms with Gasteiger partial charge in [-0.3, -0.25) is 14.9 Å². The maximum atomic E-state index is 13.6. The molecule has 1 aliphatic heterocycles. The highest BCUT2D eigenvalue weighted by molar-refractivity contribution is 9.10. The van der Waals surface area contributed by atoms with Gasteiger partial charge in [0, 0.05) is 4.47 Å². The van der Waals surface area contributed by atoms with Crippen LogP contribution in [0.2, 0.25) is 5.02 Å². The largest absolute Gasteiger partial charge is 0.490 e. The van der Waals surface area contributed by atoms with Crippen LogP contribution < -0.4 is 24.4 Å². The Morgan fingerprint density at radius 2 is 1.57 bits per heavy atom. The van der Waals surface area contributed by atoms with E-state index < -0.39 is 17.8 Å². The average Bonchev–Trinajstić information content (AvgIpc) is 3.07. The Balaban J connectivity index is 1.22. The lowest BCUT2D eigenvalue weighted by molar-refractivity contribution is -0.122. The summed E-state index contributed by atoms with van der Waals surface area (Å²) < 4.78 is 18.8. The van der Waals surface area contributed by atoms with Gasteiger partial charge in [-0.1, -0.05) is 82.1 Å². The molecule has 6 rings (SSSR count). The van der Waals surface area contributed by atoms with E-state index in [4.69, 9.17) is 25.8 Å². The van der Waals surface area contributed by atoms with E-state index in [2.05, 4.69) is 21.2 Å². The summed E-state index contributed by atoms with van der Waals surface area (Å²) >= 11 is 10.1. The SMILES string of the molecule is CCOc1cc(/C=C2\C(=O)NC(=O)N(c3ccc(OCc4ccc(Br)cc4)cc3)C2=O)cc(Cl)c1OCc1cccc2ccccc12. The zero-order valence-electron chi connectivity index (χ0n) is 25.2. The maximum Gasteiger partial charge on any atom is 0.335 e. The van der Waals surface area contributed by atoms with Gasteiger partial charge in [-0.2, -0.15) is 0 Å². The molecule has 4 amide bonds. The van der Waals surface area contributed by atoms with E-state index in [9.17, 15) is 14.4 Å². The number of carbonyl (C=O) groups excluding carboxylic acids is 3. The Labute approximate surface area is 284 Å². The summed E-state index contributed by atoms with van der Waals surface area (Å²) in [4.78, 5) is 40.1. The minimum Gasteiger partial charge on any atom is -0.490 e. The molecule has 0 aromatic heterocycles. The van der Waals surface area contributed by atoms with E-state index in [1.165, 1.54) is 6.08 Å². The first-order chi connectivity index (χ1) is 22.8. The quantitative estimate of drug-likeness (QED) is 0.115. The minimum absolute atomic E-state index is 0.235. The van der Waals surface area contributed by atoms with Gasteiger partial charge in [0.1, 0.15) is 24.5 Å². The highest BCUT2D eigenvalue weighted by Gasteiger charge is 2.37. The van der Waals surface area contributed by atoms with Crippen molar-refractivity contribution in [1.29, 1.82) is 0 Å². The molecule has 1 fully saturated rings. The van der Waals surface area contributed by atoms with Crippen molar-refractivity contribution in [1.82, 2.24) is 5.32 Å². The van der Waals surface area contributed by atoms with Crippen molar-refractivity contribution in [3.05, 3.63) is 135 Å². The topological polar surface area (TPSA) is 94.2 Å². The molecule has 1 N–H and O–H groups in total. The molecule has 5 aromatic rings. The number of benzene rings is 5. The third-order valence-corrected chi connectivity index (χ3v) is 8.22. The van der Waals surface area contributed by atoms with Gasteiger partial charge < -0.3 is 14.2 Å². The number of urea groups is 1. The van der Waals surface area contributed by atoms with Crippen LogP contribution in [0.15, 0.2) is 113 Å². The highest BCUT2D eigenvalue weighted by atomic mass is 79.9. The minimum atomic E-state index is -0.856. The second-order valence-corrected chi connectivity index (χ2v) is 11.9. The van der Waals surface area contributed by atoms with Gasteiger partial charge in [-0.05, 0) is 89.0 Å². The highest BCUT2D eigenvalue weighted by Crippen LogP contribution is 2.38. The smallest absolute Gasteiger partial charge is 0.335 e. The van der Waals surface area contributed by atoms with Crippen molar-refractivity contribution in [3.63, 3.8) is 0 Å². The number of nitrogens with one attached hydrogen (secondary N) is 1. The summed E-state index contributed by atoms with van der Waals surface area (Å²) in [5, 5.41) is 4.64. The van der Waals surface area contributed by atoms with E-state index in [0.717, 1.165) is 31.3 Å². The van der Waals surface area contributed by atoms with Crippen molar-refractivity contribution in [2.24, 2.45) is 0 Å². The predicted octanol–water partition coefficient (Wildman–Crippen LogP) is 8.48. The van der Waals surface area contributed by atoms with E-state index in [0.29, 0.717) is 36.0 Å². The molecule has 0 bridgehead atoms. The Morgan fingerprint density at radius 1 is 0.830 bits per heavy atom. The van der Waals surface area contributed by atoms with Gasteiger partial charge in [0.25, 0.3) is 11.8 Å². The molecule has 5 aromatic carbocycles. The van der Waals surface area contributed by atoms with Crippen LogP contribution in [0.25, 0.3) is 16.8 Å². The molecular weight excluding hydrogens is 684 g/mol. The first-order valence-electron chi connectivity index (χ1n) is 14.7.